The summed E-state index contributed by atoms with van der Waals surface area (Å²) < 4.78 is 21.2. The third-order valence-corrected chi connectivity index (χ3v) is 3.08. The zero-order valence-electron chi connectivity index (χ0n) is 9.86. The summed E-state index contributed by atoms with van der Waals surface area (Å²) in [6.45, 7) is 6.57. The van der Waals surface area contributed by atoms with Crippen molar-refractivity contribution < 1.29 is 8.42 Å². The van der Waals surface area contributed by atoms with Crippen molar-refractivity contribution in [2.45, 2.75) is 26.3 Å². The van der Waals surface area contributed by atoms with E-state index in [1.54, 1.807) is 0 Å². The third-order valence-electron chi connectivity index (χ3n) is 2.31. The summed E-state index contributed by atoms with van der Waals surface area (Å²) in [6.07, 6.45) is 1.01. The van der Waals surface area contributed by atoms with Gasteiger partial charge in [-0.15, -0.1) is 0 Å². The van der Waals surface area contributed by atoms with Crippen molar-refractivity contribution in [3.05, 3.63) is 0 Å². The lowest BCUT2D eigenvalue weighted by atomic mass is 10.3. The number of nitrogens with one attached hydrogen (secondary N) is 1. The summed E-state index contributed by atoms with van der Waals surface area (Å²) in [5.74, 6) is 0.00696. The van der Waals surface area contributed by atoms with Crippen molar-refractivity contribution in [1.82, 2.24) is 10.2 Å². The molecule has 0 unspecified atom stereocenters. The van der Waals surface area contributed by atoms with Crippen LogP contribution in [0.5, 0.6) is 0 Å². The van der Waals surface area contributed by atoms with Gasteiger partial charge < -0.3 is 10.2 Å². The summed E-state index contributed by atoms with van der Waals surface area (Å²) in [4.78, 5) is 2.25. The van der Waals surface area contributed by atoms with E-state index in [9.17, 15) is 8.42 Å². The van der Waals surface area contributed by atoms with Gasteiger partial charge in [-0.2, -0.15) is 0 Å². The highest BCUT2D eigenvalue weighted by atomic mass is 32.2. The van der Waals surface area contributed by atoms with Crippen molar-refractivity contribution >= 4 is 10.0 Å². The van der Waals surface area contributed by atoms with Gasteiger partial charge in [0.15, 0.2) is 0 Å². The van der Waals surface area contributed by atoms with Gasteiger partial charge in [-0.05, 0) is 40.4 Å². The van der Waals surface area contributed by atoms with Crippen molar-refractivity contribution in [2.75, 3.05) is 32.4 Å². The van der Waals surface area contributed by atoms with E-state index in [-0.39, 0.29) is 5.75 Å². The van der Waals surface area contributed by atoms with Crippen LogP contribution in [0.4, 0.5) is 0 Å². The molecule has 5 nitrogen and oxygen atoms in total. The minimum Gasteiger partial charge on any atom is -0.316 e. The molecule has 0 radical (unpaired) electrons. The van der Waals surface area contributed by atoms with E-state index >= 15 is 0 Å². The minimum absolute atomic E-state index is 0.00696. The smallest absolute Gasteiger partial charge is 0.210 e. The van der Waals surface area contributed by atoms with Crippen molar-refractivity contribution in [3.63, 3.8) is 0 Å². The van der Waals surface area contributed by atoms with Crippen LogP contribution in [0, 0.1) is 0 Å². The fourth-order valence-electron chi connectivity index (χ4n) is 1.05. The second-order valence-electron chi connectivity index (χ2n) is 4.04. The molecule has 0 aromatic rings. The van der Waals surface area contributed by atoms with Gasteiger partial charge in [0.05, 0.1) is 5.75 Å². The molecule has 0 aromatic heterocycles. The second-order valence-corrected chi connectivity index (χ2v) is 5.78. The van der Waals surface area contributed by atoms with Crippen molar-refractivity contribution in [2.24, 2.45) is 5.14 Å². The zero-order chi connectivity index (χ0) is 11.9. The third kappa shape index (κ3) is 10.1. The molecule has 0 aliphatic rings. The summed E-state index contributed by atoms with van der Waals surface area (Å²) >= 11 is 0. The first kappa shape index (κ1) is 14.8. The predicted molar refractivity (Wildman–Crippen MR) is 63.2 cm³/mol. The van der Waals surface area contributed by atoms with Gasteiger partial charge in [0.25, 0.3) is 0 Å². The summed E-state index contributed by atoms with van der Waals surface area (Å²) in [5, 5.41) is 7.91. The maximum absolute atomic E-state index is 10.6. The molecular formula is C9H23N3O2S. The van der Waals surface area contributed by atoms with E-state index < -0.39 is 10.0 Å². The molecule has 0 aromatic carbocycles. The van der Waals surface area contributed by atoms with E-state index in [4.69, 9.17) is 5.14 Å². The molecule has 0 aliphatic heterocycles. The van der Waals surface area contributed by atoms with E-state index in [1.165, 1.54) is 0 Å². The van der Waals surface area contributed by atoms with Crippen LogP contribution >= 0.6 is 0 Å². The maximum Gasteiger partial charge on any atom is 0.210 e. The van der Waals surface area contributed by atoms with Gasteiger partial charge in [-0.25, -0.2) is 13.6 Å². The first-order valence-electron chi connectivity index (χ1n) is 5.24. The molecule has 0 atom stereocenters. The Labute approximate surface area is 93.1 Å². The fourth-order valence-corrected chi connectivity index (χ4v) is 1.48. The van der Waals surface area contributed by atoms with Crippen LogP contribution < -0.4 is 10.5 Å². The van der Waals surface area contributed by atoms with Gasteiger partial charge >= 0.3 is 0 Å². The molecule has 0 aliphatic carbocycles. The van der Waals surface area contributed by atoms with E-state index in [0.717, 1.165) is 19.5 Å². The van der Waals surface area contributed by atoms with Crippen molar-refractivity contribution in [1.29, 1.82) is 0 Å². The Morgan fingerprint density at radius 2 is 1.93 bits per heavy atom. The second kappa shape index (κ2) is 7.16. The number of primary sulfonamides is 1. The monoisotopic (exact) mass is 237 g/mol. The zero-order valence-corrected chi connectivity index (χ0v) is 10.7. The highest BCUT2D eigenvalue weighted by molar-refractivity contribution is 7.89. The summed E-state index contributed by atoms with van der Waals surface area (Å²) in [7, 11) is -1.24. The molecule has 6 heteroatoms. The van der Waals surface area contributed by atoms with E-state index in [0.29, 0.717) is 12.6 Å². The highest BCUT2D eigenvalue weighted by Gasteiger charge is 2.03. The van der Waals surface area contributed by atoms with Gasteiger partial charge in [0.1, 0.15) is 0 Å². The lowest BCUT2D eigenvalue weighted by Gasteiger charge is -2.20. The number of hydrogen-bond donors (Lipinski definition) is 2. The van der Waals surface area contributed by atoms with Gasteiger partial charge in [0.2, 0.25) is 10.0 Å². The molecule has 3 N–H and O–H groups in total. The van der Waals surface area contributed by atoms with Crippen LogP contribution in [0.2, 0.25) is 0 Å². The number of nitrogens with two attached hydrogens (primary N) is 1. The average molecular weight is 237 g/mol. The van der Waals surface area contributed by atoms with Crippen LogP contribution in [0.3, 0.4) is 0 Å². The molecule has 0 rings (SSSR count). The van der Waals surface area contributed by atoms with Gasteiger partial charge in [-0.1, -0.05) is 0 Å². The van der Waals surface area contributed by atoms with Crippen LogP contribution in [-0.4, -0.2) is 51.8 Å². The lowest BCUT2D eigenvalue weighted by Crippen LogP contribution is -2.31. The maximum atomic E-state index is 10.6. The molecule has 0 saturated heterocycles. The van der Waals surface area contributed by atoms with E-state index in [2.05, 4.69) is 31.1 Å². The Hall–Kier alpha value is -0.170. The molecule has 0 heterocycles. The molecule has 0 saturated carbocycles. The van der Waals surface area contributed by atoms with Gasteiger partial charge in [0, 0.05) is 12.6 Å². The quantitative estimate of drug-likeness (QED) is 0.563. The van der Waals surface area contributed by atoms with Crippen LogP contribution in [0.15, 0.2) is 0 Å². The average Bonchev–Trinajstić information content (AvgIpc) is 2.08. The molecule has 15 heavy (non-hydrogen) atoms. The molecule has 0 spiro atoms. The van der Waals surface area contributed by atoms with Crippen LogP contribution in [-0.2, 0) is 10.0 Å². The first-order chi connectivity index (χ1) is 6.83. The number of sulfonamides is 1. The molecular weight excluding hydrogens is 214 g/mol. The molecule has 0 bridgehead atoms. The topological polar surface area (TPSA) is 75.4 Å². The summed E-state index contributed by atoms with van der Waals surface area (Å²) in [5.41, 5.74) is 0. The Morgan fingerprint density at radius 1 is 1.33 bits per heavy atom. The largest absolute Gasteiger partial charge is 0.316 e. The Bertz CT molecular complexity index is 252. The first-order valence-corrected chi connectivity index (χ1v) is 6.96. The van der Waals surface area contributed by atoms with Crippen molar-refractivity contribution in [3.8, 4) is 0 Å². The Morgan fingerprint density at radius 3 is 2.40 bits per heavy atom. The SMILES string of the molecule is CC(C)N(C)CCCNCCS(N)(=O)=O. The Balaban J connectivity index is 3.33. The minimum atomic E-state index is -3.31. The normalized spacial score (nSPS) is 12.7. The number of rotatable bonds is 8. The fraction of sp³-hybridized carbons (Fsp3) is 1.00. The molecule has 0 amide bonds. The highest BCUT2D eigenvalue weighted by Crippen LogP contribution is 1.93. The summed E-state index contributed by atoms with van der Waals surface area (Å²) in [6, 6.07) is 0.550. The Kier molecular flexibility index (Phi) is 7.08. The van der Waals surface area contributed by atoms with Crippen LogP contribution in [0.1, 0.15) is 20.3 Å². The lowest BCUT2D eigenvalue weighted by molar-refractivity contribution is 0.270. The van der Waals surface area contributed by atoms with Gasteiger partial charge in [-0.3, -0.25) is 0 Å². The van der Waals surface area contributed by atoms with Crippen LogP contribution in [0.25, 0.3) is 0 Å². The predicted octanol–water partition coefficient (Wildman–Crippen LogP) is -0.405. The number of nitrogens with zero attached hydrogens (tertiary/aromatic N) is 1. The van der Waals surface area contributed by atoms with E-state index in [1.807, 2.05) is 0 Å². The standard InChI is InChI=1S/C9H23N3O2S/c1-9(2)12(3)7-4-5-11-6-8-15(10,13)14/h9,11H,4-8H2,1-3H3,(H2,10,13,14). The number of hydrogen-bond acceptors (Lipinski definition) is 4. The molecule has 0 fully saturated rings. The molecule has 92 valence electrons.